The quantitative estimate of drug-likeness (QED) is 0.484. The third-order valence-electron chi connectivity index (χ3n) is 4.84. The lowest BCUT2D eigenvalue weighted by molar-refractivity contribution is -0.136. The molecule has 0 unspecified atom stereocenters. The summed E-state index contributed by atoms with van der Waals surface area (Å²) in [7, 11) is 0. The number of alkyl halides is 3. The molecule has 0 spiro atoms. The van der Waals surface area contributed by atoms with Gasteiger partial charge in [-0.25, -0.2) is 9.48 Å². The van der Waals surface area contributed by atoms with E-state index in [1.54, 1.807) is 36.4 Å². The molecule has 0 radical (unpaired) electrons. The number of rotatable bonds is 6. The Balaban J connectivity index is 1.60. The van der Waals surface area contributed by atoms with Crippen molar-refractivity contribution in [2.45, 2.75) is 32.1 Å². The van der Waals surface area contributed by atoms with Gasteiger partial charge in [0.15, 0.2) is 5.82 Å². The first-order valence-corrected chi connectivity index (χ1v) is 10.3. The number of halogens is 5. The molecule has 0 bridgehead atoms. The summed E-state index contributed by atoms with van der Waals surface area (Å²) in [6.07, 6.45) is -5.21. The average molecular weight is 482 g/mol. The Morgan fingerprint density at radius 1 is 1.00 bits per heavy atom. The van der Waals surface area contributed by atoms with Gasteiger partial charge < -0.3 is 0 Å². The van der Waals surface area contributed by atoms with Gasteiger partial charge in [-0.15, -0.1) is 5.10 Å². The predicted molar refractivity (Wildman–Crippen MR) is 118 cm³/mol. The van der Waals surface area contributed by atoms with Crippen LogP contribution < -0.4 is 5.69 Å². The summed E-state index contributed by atoms with van der Waals surface area (Å²) < 4.78 is 40.6. The SMILES string of the molecule is O=c1n(CC2=NN=C(c3ccccc3Cl)C2)nc(-c2ccc(Cl)cc2)n1CCC(F)(F)F. The van der Waals surface area contributed by atoms with Crippen LogP contribution in [0.5, 0.6) is 0 Å². The van der Waals surface area contributed by atoms with Crippen LogP contribution in [-0.4, -0.2) is 31.9 Å². The molecule has 0 atom stereocenters. The Morgan fingerprint density at radius 3 is 2.41 bits per heavy atom. The molecule has 0 fully saturated rings. The zero-order chi connectivity index (χ0) is 22.9. The molecule has 2 heterocycles. The van der Waals surface area contributed by atoms with Crippen LogP contribution in [0, 0.1) is 0 Å². The average Bonchev–Trinajstić information content (AvgIpc) is 3.32. The normalized spacial score (nSPS) is 13.9. The number of nitrogens with zero attached hydrogens (tertiary/aromatic N) is 5. The van der Waals surface area contributed by atoms with Gasteiger partial charge in [0.25, 0.3) is 0 Å². The smallest absolute Gasteiger partial charge is 0.275 e. The van der Waals surface area contributed by atoms with E-state index in [0.29, 0.717) is 33.5 Å². The molecule has 11 heteroatoms. The van der Waals surface area contributed by atoms with Crippen molar-refractivity contribution in [1.29, 1.82) is 0 Å². The lowest BCUT2D eigenvalue weighted by Crippen LogP contribution is -2.29. The lowest BCUT2D eigenvalue weighted by Gasteiger charge is -2.08. The Bertz CT molecular complexity index is 1260. The molecule has 1 aliphatic rings. The fraction of sp³-hybridized carbons (Fsp3) is 0.238. The number of hydrogen-bond acceptors (Lipinski definition) is 4. The summed E-state index contributed by atoms with van der Waals surface area (Å²) in [4.78, 5) is 12.9. The summed E-state index contributed by atoms with van der Waals surface area (Å²) in [6, 6.07) is 13.5. The fourth-order valence-electron chi connectivity index (χ4n) is 3.30. The minimum Gasteiger partial charge on any atom is -0.275 e. The summed E-state index contributed by atoms with van der Waals surface area (Å²) in [5, 5.41) is 13.5. The summed E-state index contributed by atoms with van der Waals surface area (Å²) in [6.45, 7) is -0.552. The maximum atomic E-state index is 12.9. The first-order valence-electron chi connectivity index (χ1n) is 9.59. The first kappa shape index (κ1) is 22.3. The Morgan fingerprint density at radius 2 is 1.72 bits per heavy atom. The molecule has 32 heavy (non-hydrogen) atoms. The second kappa shape index (κ2) is 8.91. The zero-order valence-electron chi connectivity index (χ0n) is 16.5. The van der Waals surface area contributed by atoms with E-state index in [1.165, 1.54) is 0 Å². The van der Waals surface area contributed by atoms with Gasteiger partial charge in [0.2, 0.25) is 0 Å². The van der Waals surface area contributed by atoms with Crippen molar-refractivity contribution in [3.63, 3.8) is 0 Å². The van der Waals surface area contributed by atoms with E-state index in [-0.39, 0.29) is 12.4 Å². The topological polar surface area (TPSA) is 64.5 Å². The van der Waals surface area contributed by atoms with Crippen molar-refractivity contribution in [2.24, 2.45) is 10.2 Å². The van der Waals surface area contributed by atoms with Crippen molar-refractivity contribution >= 4 is 34.6 Å². The van der Waals surface area contributed by atoms with Crippen LogP contribution in [0.4, 0.5) is 13.2 Å². The van der Waals surface area contributed by atoms with Crippen LogP contribution in [0.2, 0.25) is 10.0 Å². The largest absolute Gasteiger partial charge is 0.390 e. The third-order valence-corrected chi connectivity index (χ3v) is 5.43. The fourth-order valence-corrected chi connectivity index (χ4v) is 3.67. The molecule has 1 aromatic heterocycles. The third kappa shape index (κ3) is 4.94. The Hall–Kier alpha value is -2.91. The standard InChI is InChI=1S/C21H16Cl2F3N5O/c22-14-7-5-13(6-8-14)19-29-31(20(32)30(19)10-9-21(24,25)26)12-15-11-18(28-27-15)16-3-1-2-4-17(16)23/h1-8H,9-12H2. The molecule has 0 amide bonds. The molecular weight excluding hydrogens is 466 g/mol. The molecule has 6 nitrogen and oxygen atoms in total. The molecule has 2 aromatic carbocycles. The lowest BCUT2D eigenvalue weighted by atomic mass is 10.1. The van der Waals surface area contributed by atoms with Gasteiger partial charge in [-0.3, -0.25) is 4.57 Å². The maximum absolute atomic E-state index is 12.9. The Labute approximate surface area is 190 Å². The van der Waals surface area contributed by atoms with Crippen molar-refractivity contribution in [3.8, 4) is 11.4 Å². The van der Waals surface area contributed by atoms with E-state index in [2.05, 4.69) is 15.3 Å². The van der Waals surface area contributed by atoms with E-state index in [1.807, 2.05) is 12.1 Å². The number of aromatic nitrogens is 3. The molecule has 0 aliphatic carbocycles. The summed E-state index contributed by atoms with van der Waals surface area (Å²) >= 11 is 12.1. The van der Waals surface area contributed by atoms with E-state index >= 15 is 0 Å². The zero-order valence-corrected chi connectivity index (χ0v) is 18.0. The maximum Gasteiger partial charge on any atom is 0.390 e. The minimum atomic E-state index is -4.41. The van der Waals surface area contributed by atoms with Crippen molar-refractivity contribution < 1.29 is 13.2 Å². The van der Waals surface area contributed by atoms with Gasteiger partial charge in [0, 0.05) is 34.1 Å². The van der Waals surface area contributed by atoms with Crippen LogP contribution in [0.3, 0.4) is 0 Å². The van der Waals surface area contributed by atoms with Gasteiger partial charge in [-0.05, 0) is 30.3 Å². The van der Waals surface area contributed by atoms with Gasteiger partial charge >= 0.3 is 11.9 Å². The molecule has 0 saturated carbocycles. The van der Waals surface area contributed by atoms with Crippen LogP contribution in [0.25, 0.3) is 11.4 Å². The summed E-state index contributed by atoms with van der Waals surface area (Å²) in [5.74, 6) is 0.127. The highest BCUT2D eigenvalue weighted by Crippen LogP contribution is 2.24. The molecule has 4 rings (SSSR count). The minimum absolute atomic E-state index is 0.00407. The molecular formula is C21H16Cl2F3N5O. The van der Waals surface area contributed by atoms with Crippen LogP contribution in [0.1, 0.15) is 18.4 Å². The Kier molecular flexibility index (Phi) is 6.21. The monoisotopic (exact) mass is 481 g/mol. The van der Waals surface area contributed by atoms with Crippen LogP contribution >= 0.6 is 23.2 Å². The molecule has 0 saturated heterocycles. The number of benzene rings is 2. The number of hydrogen-bond donors (Lipinski definition) is 0. The van der Waals surface area contributed by atoms with Gasteiger partial charge in [-0.1, -0.05) is 41.4 Å². The van der Waals surface area contributed by atoms with Gasteiger partial charge in [0.1, 0.15) is 0 Å². The molecule has 0 N–H and O–H groups in total. The molecule has 166 valence electrons. The second-order valence-electron chi connectivity index (χ2n) is 7.16. The van der Waals surface area contributed by atoms with Crippen LogP contribution in [-0.2, 0) is 13.1 Å². The highest BCUT2D eigenvalue weighted by atomic mass is 35.5. The highest BCUT2D eigenvalue weighted by Gasteiger charge is 2.29. The van der Waals surface area contributed by atoms with Crippen molar-refractivity contribution in [1.82, 2.24) is 14.3 Å². The molecule has 3 aromatic rings. The van der Waals surface area contributed by atoms with E-state index < -0.39 is 24.8 Å². The highest BCUT2D eigenvalue weighted by molar-refractivity contribution is 6.35. The summed E-state index contributed by atoms with van der Waals surface area (Å²) in [5.41, 5.74) is 1.75. The predicted octanol–water partition coefficient (Wildman–Crippen LogP) is 5.22. The van der Waals surface area contributed by atoms with E-state index in [9.17, 15) is 18.0 Å². The van der Waals surface area contributed by atoms with Gasteiger partial charge in [0.05, 0.1) is 24.4 Å². The van der Waals surface area contributed by atoms with E-state index in [4.69, 9.17) is 23.2 Å². The second-order valence-corrected chi connectivity index (χ2v) is 8.00. The first-order chi connectivity index (χ1) is 15.2. The van der Waals surface area contributed by atoms with Crippen molar-refractivity contribution in [2.75, 3.05) is 0 Å². The van der Waals surface area contributed by atoms with Crippen molar-refractivity contribution in [3.05, 3.63) is 74.6 Å². The van der Waals surface area contributed by atoms with E-state index in [0.717, 1.165) is 14.8 Å². The molecule has 1 aliphatic heterocycles. The van der Waals surface area contributed by atoms with Gasteiger partial charge in [-0.2, -0.15) is 23.4 Å². The van der Waals surface area contributed by atoms with Crippen LogP contribution in [0.15, 0.2) is 63.5 Å².